The molecule has 0 amide bonds. The van der Waals surface area contributed by atoms with Crippen LogP contribution in [-0.2, 0) is 6.18 Å². The second-order valence-corrected chi connectivity index (χ2v) is 6.95. The summed E-state index contributed by atoms with van der Waals surface area (Å²) in [5.41, 5.74) is -1.39. The van der Waals surface area contributed by atoms with Crippen molar-refractivity contribution in [3.8, 4) is 16.9 Å². The average molecular weight is 413 g/mol. The first kappa shape index (κ1) is 20.9. The van der Waals surface area contributed by atoms with E-state index in [2.05, 4.69) is 15.6 Å². The molecule has 2 aromatic rings. The highest BCUT2D eigenvalue weighted by Crippen LogP contribution is 2.37. The van der Waals surface area contributed by atoms with Gasteiger partial charge in [0.15, 0.2) is 0 Å². The van der Waals surface area contributed by atoms with Crippen LogP contribution in [0.15, 0.2) is 36.3 Å². The Labute approximate surface area is 164 Å². The number of alkyl halides is 3. The number of aromatic hydroxyl groups is 1. The Balaban J connectivity index is 1.90. The highest BCUT2D eigenvalue weighted by molar-refractivity contribution is 5.71. The fourth-order valence-electron chi connectivity index (χ4n) is 3.24. The number of pyridine rings is 1. The van der Waals surface area contributed by atoms with E-state index in [0.717, 1.165) is 30.7 Å². The predicted octanol–water partition coefficient (Wildman–Crippen LogP) is 5.02. The standard InChI is InChI=1S/C20H20F5N3O/c1-3-11-4-12(8-26-11)28-10(2)13-5-17(22)14(6-16(13)21)15-7-19(20(23,24)25)27-9-18(15)29/h5-11,26,28-29H,3-4H2,1-2H3/t10?,11-/m0/s1. The summed E-state index contributed by atoms with van der Waals surface area (Å²) in [5.74, 6) is -2.43. The van der Waals surface area contributed by atoms with Crippen LogP contribution in [-0.4, -0.2) is 16.1 Å². The second kappa shape index (κ2) is 7.88. The average Bonchev–Trinajstić information content (AvgIpc) is 3.10. The normalized spacial score (nSPS) is 17.6. The second-order valence-electron chi connectivity index (χ2n) is 6.95. The summed E-state index contributed by atoms with van der Waals surface area (Å²) in [6.45, 7) is 3.69. The lowest BCUT2D eigenvalue weighted by Crippen LogP contribution is -2.20. The minimum Gasteiger partial charge on any atom is -0.506 e. The van der Waals surface area contributed by atoms with Gasteiger partial charge in [-0.25, -0.2) is 13.8 Å². The maximum atomic E-state index is 14.7. The molecule has 0 saturated carbocycles. The molecule has 1 aromatic carbocycles. The van der Waals surface area contributed by atoms with Gasteiger partial charge in [0.05, 0.1) is 12.2 Å². The van der Waals surface area contributed by atoms with E-state index in [4.69, 9.17) is 0 Å². The summed E-state index contributed by atoms with van der Waals surface area (Å²) < 4.78 is 68.0. The summed E-state index contributed by atoms with van der Waals surface area (Å²) in [5, 5.41) is 16.1. The van der Waals surface area contributed by atoms with Gasteiger partial charge in [-0.3, -0.25) is 0 Å². The zero-order valence-electron chi connectivity index (χ0n) is 15.7. The number of nitrogens with one attached hydrogen (secondary N) is 2. The lowest BCUT2D eigenvalue weighted by atomic mass is 9.99. The molecule has 0 bridgehead atoms. The predicted molar refractivity (Wildman–Crippen MR) is 97.7 cm³/mol. The van der Waals surface area contributed by atoms with Crippen LogP contribution in [0, 0.1) is 11.6 Å². The number of nitrogens with zero attached hydrogens (tertiary/aromatic N) is 1. The fourth-order valence-corrected chi connectivity index (χ4v) is 3.24. The molecule has 1 aliphatic heterocycles. The maximum Gasteiger partial charge on any atom is 0.433 e. The van der Waals surface area contributed by atoms with Crippen molar-refractivity contribution < 1.29 is 27.1 Å². The highest BCUT2D eigenvalue weighted by Gasteiger charge is 2.33. The van der Waals surface area contributed by atoms with E-state index in [0.29, 0.717) is 12.3 Å². The van der Waals surface area contributed by atoms with Crippen LogP contribution >= 0.6 is 0 Å². The van der Waals surface area contributed by atoms with Gasteiger partial charge in [0.2, 0.25) is 0 Å². The Morgan fingerprint density at radius 1 is 1.21 bits per heavy atom. The number of benzene rings is 1. The van der Waals surface area contributed by atoms with E-state index in [-0.39, 0.29) is 11.6 Å². The van der Waals surface area contributed by atoms with Gasteiger partial charge in [0.25, 0.3) is 0 Å². The molecule has 0 saturated heterocycles. The molecular formula is C20H20F5N3O. The smallest absolute Gasteiger partial charge is 0.433 e. The van der Waals surface area contributed by atoms with Crippen LogP contribution in [0.25, 0.3) is 11.1 Å². The SMILES string of the molecule is CC[C@H]1CC(NC(C)c2cc(F)c(-c3cc(C(F)(F)F)ncc3O)cc2F)=CN1. The van der Waals surface area contributed by atoms with Crippen molar-refractivity contribution in [3.63, 3.8) is 0 Å². The number of hydrogen-bond acceptors (Lipinski definition) is 4. The largest absolute Gasteiger partial charge is 0.506 e. The number of rotatable bonds is 5. The van der Waals surface area contributed by atoms with Gasteiger partial charge in [-0.05, 0) is 31.5 Å². The molecule has 0 fully saturated rings. The summed E-state index contributed by atoms with van der Waals surface area (Å²) in [6, 6.07) is 1.92. The van der Waals surface area contributed by atoms with E-state index >= 15 is 0 Å². The van der Waals surface area contributed by atoms with Crippen LogP contribution in [0.1, 0.15) is 44.0 Å². The number of halogens is 5. The van der Waals surface area contributed by atoms with Gasteiger partial charge in [-0.15, -0.1) is 0 Å². The highest BCUT2D eigenvalue weighted by atomic mass is 19.4. The Morgan fingerprint density at radius 2 is 1.93 bits per heavy atom. The van der Waals surface area contributed by atoms with Gasteiger partial charge in [-0.1, -0.05) is 6.92 Å². The molecule has 1 aromatic heterocycles. The van der Waals surface area contributed by atoms with Crippen molar-refractivity contribution in [1.29, 1.82) is 0 Å². The van der Waals surface area contributed by atoms with Crippen LogP contribution in [0.3, 0.4) is 0 Å². The van der Waals surface area contributed by atoms with Gasteiger partial charge >= 0.3 is 6.18 Å². The van der Waals surface area contributed by atoms with Crippen molar-refractivity contribution in [2.75, 3.05) is 0 Å². The van der Waals surface area contributed by atoms with Crippen molar-refractivity contribution in [2.24, 2.45) is 0 Å². The zero-order chi connectivity index (χ0) is 21.3. The molecule has 0 aliphatic carbocycles. The molecule has 2 atom stereocenters. The summed E-state index contributed by atoms with van der Waals surface area (Å²) in [4.78, 5) is 3.09. The molecule has 1 aliphatic rings. The van der Waals surface area contributed by atoms with Crippen molar-refractivity contribution >= 4 is 0 Å². The third-order valence-corrected chi connectivity index (χ3v) is 4.87. The number of aromatic nitrogens is 1. The van der Waals surface area contributed by atoms with Crippen molar-refractivity contribution in [3.05, 3.63) is 59.2 Å². The lowest BCUT2D eigenvalue weighted by molar-refractivity contribution is -0.141. The van der Waals surface area contributed by atoms with Crippen molar-refractivity contribution in [2.45, 2.75) is 44.9 Å². The molecule has 2 heterocycles. The molecule has 29 heavy (non-hydrogen) atoms. The van der Waals surface area contributed by atoms with Crippen LogP contribution in [0.2, 0.25) is 0 Å². The first-order valence-corrected chi connectivity index (χ1v) is 9.07. The van der Waals surface area contributed by atoms with Gasteiger partial charge in [0, 0.05) is 41.1 Å². The van der Waals surface area contributed by atoms with Gasteiger partial charge in [0.1, 0.15) is 23.1 Å². The van der Waals surface area contributed by atoms with E-state index in [1.54, 1.807) is 13.1 Å². The molecular weight excluding hydrogens is 393 g/mol. The molecule has 0 spiro atoms. The van der Waals surface area contributed by atoms with Crippen molar-refractivity contribution in [1.82, 2.24) is 15.6 Å². The quantitative estimate of drug-likeness (QED) is 0.603. The molecule has 156 valence electrons. The minimum atomic E-state index is -4.78. The van der Waals surface area contributed by atoms with Crippen LogP contribution in [0.5, 0.6) is 5.75 Å². The molecule has 3 N–H and O–H groups in total. The van der Waals surface area contributed by atoms with E-state index in [9.17, 15) is 27.1 Å². The summed E-state index contributed by atoms with van der Waals surface area (Å²) >= 11 is 0. The first-order chi connectivity index (χ1) is 13.6. The van der Waals surface area contributed by atoms with E-state index in [1.807, 2.05) is 6.92 Å². The summed E-state index contributed by atoms with van der Waals surface area (Å²) in [6.07, 6.45) is -0.773. The fraction of sp³-hybridized carbons (Fsp3) is 0.350. The molecule has 9 heteroatoms. The van der Waals surface area contributed by atoms with E-state index in [1.165, 1.54) is 0 Å². The van der Waals surface area contributed by atoms with Crippen LogP contribution in [0.4, 0.5) is 22.0 Å². The third kappa shape index (κ3) is 4.44. The molecule has 4 nitrogen and oxygen atoms in total. The minimum absolute atomic E-state index is 0.0247. The Morgan fingerprint density at radius 3 is 2.55 bits per heavy atom. The number of hydrogen-bond donors (Lipinski definition) is 3. The van der Waals surface area contributed by atoms with Crippen LogP contribution < -0.4 is 10.6 Å². The molecule has 1 unspecified atom stereocenters. The monoisotopic (exact) mass is 413 g/mol. The lowest BCUT2D eigenvalue weighted by Gasteiger charge is -2.19. The topological polar surface area (TPSA) is 57.2 Å². The Hall–Kier alpha value is -2.84. The van der Waals surface area contributed by atoms with E-state index < -0.39 is 46.4 Å². The Kier molecular flexibility index (Phi) is 5.68. The first-order valence-electron chi connectivity index (χ1n) is 9.07. The molecule has 3 rings (SSSR count). The zero-order valence-corrected chi connectivity index (χ0v) is 15.7. The summed E-state index contributed by atoms with van der Waals surface area (Å²) in [7, 11) is 0. The maximum absolute atomic E-state index is 14.7. The Bertz CT molecular complexity index is 942. The van der Waals surface area contributed by atoms with Gasteiger partial charge in [-0.2, -0.15) is 13.2 Å². The third-order valence-electron chi connectivity index (χ3n) is 4.87. The molecule has 0 radical (unpaired) electrons. The van der Waals surface area contributed by atoms with Gasteiger partial charge < -0.3 is 15.7 Å².